The van der Waals surface area contributed by atoms with E-state index in [0.29, 0.717) is 11.7 Å². The third-order valence-corrected chi connectivity index (χ3v) is 3.85. The molecule has 1 amide bonds. The van der Waals surface area contributed by atoms with Gasteiger partial charge < -0.3 is 15.0 Å². The lowest BCUT2D eigenvalue weighted by atomic mass is 9.76. The van der Waals surface area contributed by atoms with Gasteiger partial charge in [-0.1, -0.05) is 0 Å². The molecule has 0 aliphatic carbocycles. The fourth-order valence-corrected chi connectivity index (χ4v) is 1.92. The Balaban J connectivity index is 2.48. The van der Waals surface area contributed by atoms with Crippen LogP contribution in [0.1, 0.15) is 48.5 Å². The van der Waals surface area contributed by atoms with Gasteiger partial charge in [-0.05, 0) is 39.2 Å². The minimum absolute atomic E-state index is 0.189. The molecule has 1 aliphatic heterocycles. The third-order valence-electron chi connectivity index (χ3n) is 3.85. The summed E-state index contributed by atoms with van der Waals surface area (Å²) in [6.45, 7) is 7.61. The predicted octanol–water partition coefficient (Wildman–Crippen LogP) is 0.292. The molecule has 0 saturated carbocycles. The fraction of sp³-hybridized carbons (Fsp3) is 0.462. The largest absolute Gasteiger partial charge is 0.495 e. The Kier molecular flexibility index (Phi) is 3.43. The van der Waals surface area contributed by atoms with Gasteiger partial charge in [-0.3, -0.25) is 14.6 Å². The molecule has 2 heterocycles. The van der Waals surface area contributed by atoms with Gasteiger partial charge >= 0.3 is 7.12 Å². The van der Waals surface area contributed by atoms with Gasteiger partial charge in [0.25, 0.3) is 0 Å². The van der Waals surface area contributed by atoms with Gasteiger partial charge in [0.2, 0.25) is 5.91 Å². The minimum atomic E-state index is -0.760. The number of nitrogens with two attached hydrogens (primary N) is 1. The Bertz CT molecular complexity index is 555. The Hall–Kier alpha value is -1.73. The molecule has 7 heteroatoms. The summed E-state index contributed by atoms with van der Waals surface area (Å²) in [5.74, 6) is -0.639. The smallest absolute Gasteiger partial charge is 0.399 e. The summed E-state index contributed by atoms with van der Waals surface area (Å²) in [7, 11) is -0.760. The van der Waals surface area contributed by atoms with Crippen molar-refractivity contribution in [2.45, 2.75) is 38.9 Å². The first-order valence-electron chi connectivity index (χ1n) is 6.28. The lowest BCUT2D eigenvalue weighted by molar-refractivity contribution is 0.00578. The zero-order chi connectivity index (χ0) is 15.1. The first-order chi connectivity index (χ1) is 9.18. The summed E-state index contributed by atoms with van der Waals surface area (Å²) < 4.78 is 11.7. The molecule has 1 aromatic rings. The molecular formula is C13H17BN2O4. The van der Waals surface area contributed by atoms with Crippen LogP contribution in [0.25, 0.3) is 0 Å². The van der Waals surface area contributed by atoms with Crippen LogP contribution in [0.3, 0.4) is 0 Å². The van der Waals surface area contributed by atoms with E-state index in [1.807, 2.05) is 27.7 Å². The summed E-state index contributed by atoms with van der Waals surface area (Å²) >= 11 is 0. The lowest BCUT2D eigenvalue weighted by Gasteiger charge is -2.32. The first kappa shape index (κ1) is 14.7. The van der Waals surface area contributed by atoms with Crippen LogP contribution in [0.2, 0.25) is 0 Å². The van der Waals surface area contributed by atoms with Crippen molar-refractivity contribution < 1.29 is 18.9 Å². The predicted molar refractivity (Wildman–Crippen MR) is 73.9 cm³/mol. The van der Waals surface area contributed by atoms with E-state index >= 15 is 0 Å². The number of nitrogens with zero attached hydrogens (tertiary/aromatic N) is 1. The average Bonchev–Trinajstić information content (AvgIpc) is 2.57. The molecule has 20 heavy (non-hydrogen) atoms. The molecule has 0 atom stereocenters. The Labute approximate surface area is 117 Å². The summed E-state index contributed by atoms with van der Waals surface area (Å²) in [5, 5.41) is 0. The molecule has 1 aliphatic rings. The molecule has 1 saturated heterocycles. The zero-order valence-electron chi connectivity index (χ0n) is 12.0. The second-order valence-electron chi connectivity index (χ2n) is 5.77. The number of carbonyl (C=O) groups is 2. The Morgan fingerprint density at radius 1 is 1.30 bits per heavy atom. The summed E-state index contributed by atoms with van der Waals surface area (Å²) in [4.78, 5) is 26.2. The first-order valence-corrected chi connectivity index (χ1v) is 6.28. The molecular weight excluding hydrogens is 259 g/mol. The second kappa shape index (κ2) is 4.68. The normalized spacial score (nSPS) is 19.9. The number of hydrogen-bond acceptors (Lipinski definition) is 5. The monoisotopic (exact) mass is 276 g/mol. The van der Waals surface area contributed by atoms with Gasteiger partial charge in [0, 0.05) is 6.20 Å². The van der Waals surface area contributed by atoms with Crippen molar-refractivity contribution in [1.29, 1.82) is 0 Å². The number of aromatic nitrogens is 1. The van der Waals surface area contributed by atoms with Crippen LogP contribution in [0.4, 0.5) is 0 Å². The van der Waals surface area contributed by atoms with Gasteiger partial charge in [-0.15, -0.1) is 0 Å². The lowest BCUT2D eigenvalue weighted by Crippen LogP contribution is -2.41. The van der Waals surface area contributed by atoms with E-state index in [0.717, 1.165) is 0 Å². The van der Waals surface area contributed by atoms with Crippen LogP contribution in [0.5, 0.6) is 0 Å². The SMILES string of the molecule is CC1(C)OB(c2cc(C=O)ncc2C(N)=O)OC1(C)C. The molecule has 0 unspecified atom stereocenters. The van der Waals surface area contributed by atoms with Gasteiger partial charge in [0.05, 0.1) is 16.8 Å². The molecule has 0 radical (unpaired) electrons. The Morgan fingerprint density at radius 3 is 2.30 bits per heavy atom. The molecule has 0 aromatic carbocycles. The van der Waals surface area contributed by atoms with Crippen molar-refractivity contribution >= 4 is 24.8 Å². The maximum absolute atomic E-state index is 11.5. The molecule has 1 fully saturated rings. The van der Waals surface area contributed by atoms with Gasteiger partial charge in [-0.25, -0.2) is 0 Å². The quantitative estimate of drug-likeness (QED) is 0.633. The van der Waals surface area contributed by atoms with Crippen molar-refractivity contribution in [3.8, 4) is 0 Å². The van der Waals surface area contributed by atoms with E-state index in [4.69, 9.17) is 15.0 Å². The number of primary amides is 1. The summed E-state index contributed by atoms with van der Waals surface area (Å²) in [5.41, 5.74) is 5.05. The van der Waals surface area contributed by atoms with E-state index in [9.17, 15) is 9.59 Å². The number of rotatable bonds is 3. The van der Waals surface area contributed by atoms with E-state index in [1.165, 1.54) is 12.3 Å². The molecule has 0 bridgehead atoms. The van der Waals surface area contributed by atoms with Crippen molar-refractivity contribution in [2.75, 3.05) is 0 Å². The van der Waals surface area contributed by atoms with E-state index in [2.05, 4.69) is 4.98 Å². The standard InChI is InChI=1S/C13H17BN2O4/c1-12(2)13(3,4)20-14(19-12)10-5-8(7-17)16-6-9(10)11(15)18/h5-7H,1-4H3,(H2,15,18). The molecule has 2 N–H and O–H groups in total. The van der Waals surface area contributed by atoms with Crippen molar-refractivity contribution in [3.05, 3.63) is 23.5 Å². The van der Waals surface area contributed by atoms with Crippen LogP contribution in [0, 0.1) is 0 Å². The highest BCUT2D eigenvalue weighted by molar-refractivity contribution is 6.63. The van der Waals surface area contributed by atoms with Crippen molar-refractivity contribution in [2.24, 2.45) is 5.73 Å². The van der Waals surface area contributed by atoms with Crippen LogP contribution in [-0.4, -0.2) is 35.5 Å². The highest BCUT2D eigenvalue weighted by Gasteiger charge is 2.52. The minimum Gasteiger partial charge on any atom is -0.399 e. The van der Waals surface area contributed by atoms with Crippen LogP contribution >= 0.6 is 0 Å². The number of pyridine rings is 1. The van der Waals surface area contributed by atoms with Gasteiger partial charge in [0.15, 0.2) is 6.29 Å². The Morgan fingerprint density at radius 2 is 1.85 bits per heavy atom. The summed E-state index contributed by atoms with van der Waals surface area (Å²) in [6, 6.07) is 1.47. The van der Waals surface area contributed by atoms with Crippen LogP contribution < -0.4 is 11.2 Å². The van der Waals surface area contributed by atoms with Crippen LogP contribution in [-0.2, 0) is 9.31 Å². The number of hydrogen-bond donors (Lipinski definition) is 1. The third kappa shape index (κ3) is 2.34. The highest BCUT2D eigenvalue weighted by atomic mass is 16.7. The van der Waals surface area contributed by atoms with E-state index in [1.54, 1.807) is 0 Å². The molecule has 106 valence electrons. The molecule has 6 nitrogen and oxygen atoms in total. The van der Waals surface area contributed by atoms with Gasteiger partial charge in [-0.2, -0.15) is 0 Å². The average molecular weight is 276 g/mol. The highest BCUT2D eigenvalue weighted by Crippen LogP contribution is 2.36. The zero-order valence-corrected chi connectivity index (χ0v) is 12.0. The summed E-state index contributed by atoms with van der Waals surface area (Å²) in [6.07, 6.45) is 1.87. The number of aldehydes is 1. The fourth-order valence-electron chi connectivity index (χ4n) is 1.92. The molecule has 0 spiro atoms. The maximum Gasteiger partial charge on any atom is 0.495 e. The van der Waals surface area contributed by atoms with Crippen molar-refractivity contribution in [1.82, 2.24) is 4.98 Å². The van der Waals surface area contributed by atoms with E-state index < -0.39 is 24.2 Å². The van der Waals surface area contributed by atoms with E-state index in [-0.39, 0.29) is 11.3 Å². The number of amides is 1. The maximum atomic E-state index is 11.5. The topological polar surface area (TPSA) is 91.5 Å². The second-order valence-corrected chi connectivity index (χ2v) is 5.77. The molecule has 1 aromatic heterocycles. The van der Waals surface area contributed by atoms with Crippen molar-refractivity contribution in [3.63, 3.8) is 0 Å². The van der Waals surface area contributed by atoms with Gasteiger partial charge in [0.1, 0.15) is 5.69 Å². The number of carbonyl (C=O) groups excluding carboxylic acids is 2. The van der Waals surface area contributed by atoms with Crippen LogP contribution in [0.15, 0.2) is 12.3 Å². The molecule has 2 rings (SSSR count).